The highest BCUT2D eigenvalue weighted by Gasteiger charge is 2.41. The number of nitrogens with zero attached hydrogens (tertiary/aromatic N) is 2. The third-order valence-corrected chi connectivity index (χ3v) is 4.67. The van der Waals surface area contributed by atoms with Gasteiger partial charge in [-0.2, -0.15) is 0 Å². The third-order valence-electron chi connectivity index (χ3n) is 4.67. The molecule has 1 heterocycles. The van der Waals surface area contributed by atoms with Crippen LogP contribution in [0.2, 0.25) is 0 Å². The standard InChI is InChI=1S/C23H18FN3O2/c24-19-13-7-8-16(14-19)15-27-21(17-9-3-1-4-10-17)20(23(29)26-27)25-22(28)18-11-5-2-6-12-18/h1-15,20-21H,(H-,25,26,28,29)/b27-15-/t20-,21-/m1/s1. The molecule has 0 fully saturated rings. The molecule has 1 amide bonds. The van der Waals surface area contributed by atoms with Gasteiger partial charge in [0, 0.05) is 16.7 Å². The van der Waals surface area contributed by atoms with E-state index in [0.717, 1.165) is 5.56 Å². The van der Waals surface area contributed by atoms with Gasteiger partial charge in [-0.05, 0) is 35.4 Å². The molecule has 1 aliphatic rings. The first-order chi connectivity index (χ1) is 14.1. The molecule has 0 spiro atoms. The van der Waals surface area contributed by atoms with Gasteiger partial charge in [0.15, 0.2) is 0 Å². The van der Waals surface area contributed by atoms with Crippen LogP contribution in [0.5, 0.6) is 0 Å². The molecule has 0 aromatic heterocycles. The predicted molar refractivity (Wildman–Crippen MR) is 106 cm³/mol. The van der Waals surface area contributed by atoms with E-state index in [0.29, 0.717) is 11.1 Å². The van der Waals surface area contributed by atoms with E-state index in [1.54, 1.807) is 42.6 Å². The van der Waals surface area contributed by atoms with Crippen LogP contribution in [0.15, 0.2) is 90.0 Å². The first-order valence-corrected chi connectivity index (χ1v) is 9.17. The molecule has 144 valence electrons. The molecule has 6 heteroatoms. The maximum Gasteiger partial charge on any atom is 0.252 e. The van der Waals surface area contributed by atoms with E-state index >= 15 is 0 Å². The highest BCUT2D eigenvalue weighted by Crippen LogP contribution is 2.26. The van der Waals surface area contributed by atoms with Crippen molar-refractivity contribution in [3.63, 3.8) is 0 Å². The largest absolute Gasteiger partial charge is 0.856 e. The predicted octanol–water partition coefficient (Wildman–Crippen LogP) is 2.48. The number of hydrazone groups is 1. The van der Waals surface area contributed by atoms with Gasteiger partial charge in [0.1, 0.15) is 11.9 Å². The van der Waals surface area contributed by atoms with E-state index in [4.69, 9.17) is 0 Å². The zero-order valence-electron chi connectivity index (χ0n) is 15.4. The van der Waals surface area contributed by atoms with Gasteiger partial charge in [-0.15, -0.1) is 0 Å². The summed E-state index contributed by atoms with van der Waals surface area (Å²) in [7, 11) is 0. The van der Waals surface area contributed by atoms with Crippen LogP contribution in [0.3, 0.4) is 0 Å². The molecule has 0 bridgehead atoms. The summed E-state index contributed by atoms with van der Waals surface area (Å²) < 4.78 is 15.1. The summed E-state index contributed by atoms with van der Waals surface area (Å²) in [6, 6.07) is 22.6. The van der Waals surface area contributed by atoms with Gasteiger partial charge in [0.2, 0.25) is 12.3 Å². The summed E-state index contributed by atoms with van der Waals surface area (Å²) >= 11 is 0. The quantitative estimate of drug-likeness (QED) is 0.699. The van der Waals surface area contributed by atoms with Crippen LogP contribution >= 0.6 is 0 Å². The number of carbonyl (C=O) groups excluding carboxylic acids is 1. The van der Waals surface area contributed by atoms with Crippen LogP contribution in [-0.4, -0.2) is 28.7 Å². The Hall–Kier alpha value is -3.80. The Kier molecular flexibility index (Phi) is 5.16. The van der Waals surface area contributed by atoms with E-state index in [1.165, 1.54) is 16.8 Å². The Bertz CT molecular complexity index is 1080. The maximum absolute atomic E-state index is 13.6. The van der Waals surface area contributed by atoms with Crippen molar-refractivity contribution in [3.8, 4) is 0 Å². The summed E-state index contributed by atoms with van der Waals surface area (Å²) in [6.07, 6.45) is 1.60. The Morgan fingerprint density at radius 2 is 1.69 bits per heavy atom. The average Bonchev–Trinajstić information content (AvgIpc) is 3.04. The Balaban J connectivity index is 1.71. The summed E-state index contributed by atoms with van der Waals surface area (Å²) in [6.45, 7) is 0. The molecule has 0 unspecified atom stereocenters. The zero-order chi connectivity index (χ0) is 20.2. The van der Waals surface area contributed by atoms with Crippen molar-refractivity contribution in [2.75, 3.05) is 0 Å². The fourth-order valence-electron chi connectivity index (χ4n) is 3.32. The van der Waals surface area contributed by atoms with Crippen LogP contribution in [-0.2, 0) is 0 Å². The molecular weight excluding hydrogens is 369 g/mol. The Morgan fingerprint density at radius 3 is 2.38 bits per heavy atom. The summed E-state index contributed by atoms with van der Waals surface area (Å²) in [5.41, 5.74) is 1.84. The van der Waals surface area contributed by atoms with Gasteiger partial charge in [-0.25, -0.2) is 4.39 Å². The van der Waals surface area contributed by atoms with Crippen molar-refractivity contribution in [3.05, 3.63) is 107 Å². The molecule has 0 saturated heterocycles. The van der Waals surface area contributed by atoms with Gasteiger partial charge in [-0.3, -0.25) is 4.79 Å². The number of benzene rings is 3. The number of amides is 1. The Morgan fingerprint density at radius 1 is 1.00 bits per heavy atom. The van der Waals surface area contributed by atoms with Crippen molar-refractivity contribution < 1.29 is 19.0 Å². The molecule has 0 aliphatic carbocycles. The number of carbonyl (C=O) groups is 1. The number of hydrogen-bond acceptors (Lipinski definition) is 3. The number of halogens is 1. The lowest BCUT2D eigenvalue weighted by Crippen LogP contribution is -2.47. The minimum atomic E-state index is -0.866. The lowest BCUT2D eigenvalue weighted by Gasteiger charge is -2.20. The second kappa shape index (κ2) is 8.06. The molecule has 5 nitrogen and oxygen atoms in total. The summed E-state index contributed by atoms with van der Waals surface area (Å²) in [4.78, 5) is 12.6. The van der Waals surface area contributed by atoms with Crippen LogP contribution in [0.1, 0.15) is 27.5 Å². The molecule has 3 aromatic rings. The van der Waals surface area contributed by atoms with Gasteiger partial charge in [0.05, 0.1) is 5.90 Å². The van der Waals surface area contributed by atoms with Crippen molar-refractivity contribution in [1.82, 2.24) is 5.32 Å². The minimum Gasteiger partial charge on any atom is -0.856 e. The van der Waals surface area contributed by atoms with E-state index in [9.17, 15) is 14.3 Å². The smallest absolute Gasteiger partial charge is 0.252 e. The van der Waals surface area contributed by atoms with Crippen LogP contribution in [0.25, 0.3) is 0 Å². The van der Waals surface area contributed by atoms with Gasteiger partial charge in [0.25, 0.3) is 5.91 Å². The molecule has 4 rings (SSSR count). The SMILES string of the molecule is O=C(N[C@H]1C([O-])=N/[N+](=C\c2cccc(F)c2)[C@@H]1c1ccccc1)c1ccccc1. The number of hydrogen-bond donors (Lipinski definition) is 1. The molecule has 0 saturated carbocycles. The molecule has 1 N–H and O–H groups in total. The minimum absolute atomic E-state index is 0.354. The van der Waals surface area contributed by atoms with Crippen molar-refractivity contribution in [2.24, 2.45) is 5.10 Å². The highest BCUT2D eigenvalue weighted by atomic mass is 19.1. The highest BCUT2D eigenvalue weighted by molar-refractivity contribution is 5.97. The second-order valence-corrected chi connectivity index (χ2v) is 6.68. The van der Waals surface area contributed by atoms with Gasteiger partial charge < -0.3 is 10.4 Å². The van der Waals surface area contributed by atoms with Crippen LogP contribution < -0.4 is 10.4 Å². The average molecular weight is 387 g/mol. The van der Waals surface area contributed by atoms with Crippen molar-refractivity contribution in [2.45, 2.75) is 12.1 Å². The lowest BCUT2D eigenvalue weighted by atomic mass is 9.99. The van der Waals surface area contributed by atoms with E-state index in [2.05, 4.69) is 10.4 Å². The van der Waals surface area contributed by atoms with Gasteiger partial charge in [-0.1, -0.05) is 59.3 Å². The lowest BCUT2D eigenvalue weighted by molar-refractivity contribution is -0.565. The maximum atomic E-state index is 13.6. The number of rotatable bonds is 4. The number of nitrogens with one attached hydrogen (secondary N) is 1. The molecule has 0 radical (unpaired) electrons. The van der Waals surface area contributed by atoms with Crippen molar-refractivity contribution >= 4 is 18.0 Å². The van der Waals surface area contributed by atoms with E-state index in [1.807, 2.05) is 36.4 Å². The molecule has 3 aromatic carbocycles. The van der Waals surface area contributed by atoms with Crippen LogP contribution in [0.4, 0.5) is 4.39 Å². The first-order valence-electron chi connectivity index (χ1n) is 9.17. The van der Waals surface area contributed by atoms with Gasteiger partial charge >= 0.3 is 0 Å². The van der Waals surface area contributed by atoms with E-state index in [-0.39, 0.29) is 11.7 Å². The topological polar surface area (TPSA) is 67.5 Å². The monoisotopic (exact) mass is 387 g/mol. The van der Waals surface area contributed by atoms with Crippen molar-refractivity contribution in [1.29, 1.82) is 0 Å². The fraction of sp³-hybridized carbons (Fsp3) is 0.0870. The fourth-order valence-corrected chi connectivity index (χ4v) is 3.32. The molecular formula is C23H18FN3O2. The van der Waals surface area contributed by atoms with E-state index < -0.39 is 18.0 Å². The molecule has 1 aliphatic heterocycles. The molecule has 2 atom stereocenters. The summed E-state index contributed by atoms with van der Waals surface area (Å²) in [5, 5.41) is 19.6. The summed E-state index contributed by atoms with van der Waals surface area (Å²) in [5.74, 6) is -1.20. The molecule has 29 heavy (non-hydrogen) atoms. The Labute approximate surface area is 167 Å². The normalized spacial score (nSPS) is 19.8. The third kappa shape index (κ3) is 4.06. The second-order valence-electron chi connectivity index (χ2n) is 6.68. The first kappa shape index (κ1) is 18.6. The zero-order valence-corrected chi connectivity index (χ0v) is 15.4. The van der Waals surface area contributed by atoms with Crippen LogP contribution in [0, 0.1) is 5.82 Å².